The first-order valence-electron chi connectivity index (χ1n) is 21.2. The SMILES string of the molecule is Cc1ccc(-c2ccc(COCCOCc3cc(COCCOCc4ccc(-c5ccc(C)cn5)nc4)cc(COCCOCc4ccc(-c5ccc(C)cn5)nc4)c3)cn2)nc1. The molecule has 7 aromatic rings. The lowest BCUT2D eigenvalue weighted by atomic mass is 10.1. The van der Waals surface area contributed by atoms with Gasteiger partial charge in [-0.2, -0.15) is 0 Å². The maximum atomic E-state index is 6.04. The van der Waals surface area contributed by atoms with Crippen LogP contribution in [0.1, 0.15) is 50.1 Å². The lowest BCUT2D eigenvalue weighted by molar-refractivity contribution is 0.0305. The molecular formula is C51H54N6O6. The van der Waals surface area contributed by atoms with Gasteiger partial charge in [-0.1, -0.05) is 54.6 Å². The molecule has 0 aliphatic heterocycles. The fourth-order valence-electron chi connectivity index (χ4n) is 6.43. The molecule has 0 N–H and O–H groups in total. The van der Waals surface area contributed by atoms with Crippen molar-refractivity contribution >= 4 is 0 Å². The van der Waals surface area contributed by atoms with Gasteiger partial charge in [0.25, 0.3) is 0 Å². The number of pyridine rings is 6. The van der Waals surface area contributed by atoms with Crippen LogP contribution in [0.2, 0.25) is 0 Å². The van der Waals surface area contributed by atoms with Crippen LogP contribution >= 0.6 is 0 Å². The van der Waals surface area contributed by atoms with E-state index in [-0.39, 0.29) is 0 Å². The van der Waals surface area contributed by atoms with E-state index >= 15 is 0 Å². The van der Waals surface area contributed by atoms with Gasteiger partial charge in [-0.15, -0.1) is 0 Å². The molecule has 6 heterocycles. The van der Waals surface area contributed by atoms with Gasteiger partial charge in [0.2, 0.25) is 0 Å². The third-order valence-corrected chi connectivity index (χ3v) is 9.84. The molecule has 0 saturated carbocycles. The number of nitrogens with zero attached hydrogens (tertiary/aromatic N) is 6. The number of aryl methyl sites for hydroxylation is 3. The van der Waals surface area contributed by atoms with Gasteiger partial charge in [0.1, 0.15) is 0 Å². The summed E-state index contributed by atoms with van der Waals surface area (Å²) in [6.07, 6.45) is 11.0. The van der Waals surface area contributed by atoms with Gasteiger partial charge in [0, 0.05) is 37.2 Å². The maximum absolute atomic E-state index is 6.04. The number of hydrogen-bond donors (Lipinski definition) is 0. The summed E-state index contributed by atoms with van der Waals surface area (Å²) in [7, 11) is 0. The molecule has 0 atom stereocenters. The standard InChI is InChI=1S/C51H54N6O6/c1-37-4-10-46(52-25-37)49-13-7-40(28-55-49)31-58-16-19-61-34-43-22-44(35-62-20-17-59-32-41-8-14-50(56-29-41)47-11-5-38(2)26-53-47)24-45(23-43)36-63-21-18-60-33-42-9-15-51(57-30-42)48-12-6-39(3)27-54-48/h4-15,22-30H,16-21,31-36H2,1-3H3. The largest absolute Gasteiger partial charge is 0.374 e. The van der Waals surface area contributed by atoms with E-state index in [0.29, 0.717) is 79.3 Å². The number of hydrogen-bond acceptors (Lipinski definition) is 12. The van der Waals surface area contributed by atoms with E-state index in [1.54, 1.807) is 0 Å². The van der Waals surface area contributed by atoms with E-state index in [0.717, 1.165) is 84.2 Å². The van der Waals surface area contributed by atoms with Gasteiger partial charge < -0.3 is 28.4 Å². The topological polar surface area (TPSA) is 133 Å². The van der Waals surface area contributed by atoms with Crippen LogP contribution in [0, 0.1) is 20.8 Å². The van der Waals surface area contributed by atoms with Gasteiger partial charge >= 0.3 is 0 Å². The fourth-order valence-corrected chi connectivity index (χ4v) is 6.43. The molecule has 63 heavy (non-hydrogen) atoms. The Hall–Kier alpha value is -6.12. The predicted molar refractivity (Wildman–Crippen MR) is 241 cm³/mol. The minimum atomic E-state index is 0.426. The number of aromatic nitrogens is 6. The first-order valence-corrected chi connectivity index (χ1v) is 21.2. The minimum absolute atomic E-state index is 0.426. The molecule has 0 radical (unpaired) electrons. The molecule has 12 nitrogen and oxygen atoms in total. The maximum Gasteiger partial charge on any atom is 0.0886 e. The summed E-state index contributed by atoms with van der Waals surface area (Å²) in [5, 5.41) is 0. The first kappa shape index (κ1) is 44.9. The van der Waals surface area contributed by atoms with E-state index in [4.69, 9.17) is 28.4 Å². The molecule has 6 aromatic heterocycles. The zero-order valence-electron chi connectivity index (χ0n) is 36.2. The Morgan fingerprint density at radius 2 is 0.492 bits per heavy atom. The van der Waals surface area contributed by atoms with E-state index in [2.05, 4.69) is 48.1 Å². The quantitative estimate of drug-likeness (QED) is 0.0537. The Morgan fingerprint density at radius 1 is 0.270 bits per heavy atom. The van der Waals surface area contributed by atoms with E-state index in [1.165, 1.54) is 0 Å². The second-order valence-electron chi connectivity index (χ2n) is 15.3. The smallest absolute Gasteiger partial charge is 0.0886 e. The summed E-state index contributed by atoms with van der Waals surface area (Å²) in [5.74, 6) is 0. The molecule has 1 aromatic carbocycles. The van der Waals surface area contributed by atoms with E-state index in [1.807, 2.05) is 131 Å². The third kappa shape index (κ3) is 14.7. The van der Waals surface area contributed by atoms with Crippen LogP contribution in [0.25, 0.3) is 34.2 Å². The zero-order valence-corrected chi connectivity index (χ0v) is 36.2. The molecule has 0 fully saturated rings. The van der Waals surface area contributed by atoms with Crippen molar-refractivity contribution in [2.75, 3.05) is 39.6 Å². The Kier molecular flexibility index (Phi) is 17.1. The summed E-state index contributed by atoms with van der Waals surface area (Å²) in [5.41, 5.74) is 14.4. The normalized spacial score (nSPS) is 11.3. The van der Waals surface area contributed by atoms with Crippen molar-refractivity contribution in [3.8, 4) is 34.2 Å². The van der Waals surface area contributed by atoms with Crippen molar-refractivity contribution < 1.29 is 28.4 Å². The Labute approximate surface area is 369 Å². The van der Waals surface area contributed by atoms with Gasteiger partial charge in [-0.05, 0) is 107 Å². The highest BCUT2D eigenvalue weighted by Gasteiger charge is 2.07. The second-order valence-corrected chi connectivity index (χ2v) is 15.3. The molecule has 7 rings (SSSR count). The summed E-state index contributed by atoms with van der Waals surface area (Å²) < 4.78 is 35.8. The van der Waals surface area contributed by atoms with Crippen LogP contribution in [0.4, 0.5) is 0 Å². The number of ether oxygens (including phenoxy) is 6. The second kappa shape index (κ2) is 23.9. The fraction of sp³-hybridized carbons (Fsp3) is 0.294. The van der Waals surface area contributed by atoms with Crippen molar-refractivity contribution in [1.29, 1.82) is 0 Å². The number of benzene rings is 1. The molecule has 0 spiro atoms. The highest BCUT2D eigenvalue weighted by molar-refractivity contribution is 5.55. The van der Waals surface area contributed by atoms with Crippen LogP contribution in [0.5, 0.6) is 0 Å². The Morgan fingerprint density at radius 3 is 0.698 bits per heavy atom. The van der Waals surface area contributed by atoms with Crippen molar-refractivity contribution in [3.63, 3.8) is 0 Å². The summed E-state index contributed by atoms with van der Waals surface area (Å²) >= 11 is 0. The molecule has 0 amide bonds. The highest BCUT2D eigenvalue weighted by atomic mass is 16.5. The molecule has 12 heteroatoms. The van der Waals surface area contributed by atoms with Gasteiger partial charge in [-0.3, -0.25) is 29.9 Å². The van der Waals surface area contributed by atoms with Crippen molar-refractivity contribution in [1.82, 2.24) is 29.9 Å². The van der Waals surface area contributed by atoms with Gasteiger partial charge in [-0.25, -0.2) is 0 Å². The van der Waals surface area contributed by atoms with Gasteiger partial charge in [0.05, 0.1) is 113 Å². The molecule has 0 aliphatic rings. The monoisotopic (exact) mass is 846 g/mol. The summed E-state index contributed by atoms with van der Waals surface area (Å²) in [6.45, 7) is 11.4. The average Bonchev–Trinajstić information content (AvgIpc) is 3.31. The molecule has 0 unspecified atom stereocenters. The highest BCUT2D eigenvalue weighted by Crippen LogP contribution is 2.19. The van der Waals surface area contributed by atoms with E-state index < -0.39 is 0 Å². The zero-order chi connectivity index (χ0) is 43.5. The summed E-state index contributed by atoms with van der Waals surface area (Å²) in [4.78, 5) is 27.0. The van der Waals surface area contributed by atoms with Crippen molar-refractivity contribution in [2.45, 2.75) is 60.4 Å². The lowest BCUT2D eigenvalue weighted by Crippen LogP contribution is -2.08. The number of rotatable bonds is 24. The van der Waals surface area contributed by atoms with Crippen LogP contribution in [-0.4, -0.2) is 69.5 Å². The van der Waals surface area contributed by atoms with Crippen LogP contribution in [0.15, 0.2) is 128 Å². The van der Waals surface area contributed by atoms with Gasteiger partial charge in [0.15, 0.2) is 0 Å². The third-order valence-electron chi connectivity index (χ3n) is 9.84. The molecule has 324 valence electrons. The Balaban J connectivity index is 0.840. The van der Waals surface area contributed by atoms with Crippen LogP contribution in [-0.2, 0) is 68.1 Å². The Bertz CT molecular complexity index is 2130. The molecular weight excluding hydrogens is 793 g/mol. The molecule has 0 bridgehead atoms. The van der Waals surface area contributed by atoms with Crippen molar-refractivity contribution in [2.24, 2.45) is 0 Å². The first-order chi connectivity index (χ1) is 30.9. The molecule has 0 saturated heterocycles. The van der Waals surface area contributed by atoms with E-state index in [9.17, 15) is 0 Å². The average molecular weight is 847 g/mol. The lowest BCUT2D eigenvalue weighted by Gasteiger charge is -2.12. The summed E-state index contributed by atoms with van der Waals surface area (Å²) in [6, 6.07) is 30.3. The van der Waals surface area contributed by atoms with Crippen LogP contribution in [0.3, 0.4) is 0 Å². The minimum Gasteiger partial charge on any atom is -0.374 e. The molecule has 0 aliphatic carbocycles. The predicted octanol–water partition coefficient (Wildman–Crippen LogP) is 9.18. The van der Waals surface area contributed by atoms with Crippen LogP contribution < -0.4 is 0 Å². The van der Waals surface area contributed by atoms with Crippen molar-refractivity contribution in [3.05, 3.63) is 178 Å².